The van der Waals surface area contributed by atoms with E-state index in [0.717, 1.165) is 25.2 Å². The molecule has 1 unspecified atom stereocenters. The van der Waals surface area contributed by atoms with E-state index < -0.39 is 17.6 Å². The maximum atomic E-state index is 13.4. The molecule has 25 heavy (non-hydrogen) atoms. The smallest absolute Gasteiger partial charge is 0.239 e. The van der Waals surface area contributed by atoms with Gasteiger partial charge in [0.1, 0.15) is 5.92 Å². The standard InChI is InChI=1S/C17H21F2N3O3/c18-14-2-1-12(11-15(14)19)22-5-3-13(17(22)24)16(23)20-4-6-21-7-9-25-10-8-21/h1-2,11,13H,3-10H2,(H,20,23). The molecule has 1 aromatic rings. The lowest BCUT2D eigenvalue weighted by atomic mass is 10.1. The zero-order valence-corrected chi connectivity index (χ0v) is 13.8. The Kier molecular flexibility index (Phi) is 5.60. The van der Waals surface area contributed by atoms with Crippen molar-refractivity contribution in [1.82, 2.24) is 10.2 Å². The first-order valence-electron chi connectivity index (χ1n) is 8.40. The minimum absolute atomic E-state index is 0.271. The molecular formula is C17H21F2N3O3. The van der Waals surface area contributed by atoms with Gasteiger partial charge < -0.3 is 15.0 Å². The van der Waals surface area contributed by atoms with E-state index in [1.807, 2.05) is 0 Å². The van der Waals surface area contributed by atoms with Crippen LogP contribution >= 0.6 is 0 Å². The number of anilines is 1. The van der Waals surface area contributed by atoms with Crippen molar-refractivity contribution >= 4 is 17.5 Å². The van der Waals surface area contributed by atoms with Gasteiger partial charge in [0.05, 0.1) is 13.2 Å². The molecule has 2 aliphatic rings. The maximum absolute atomic E-state index is 13.4. The normalized spacial score (nSPS) is 21.6. The molecule has 0 aromatic heterocycles. The molecule has 2 aliphatic heterocycles. The van der Waals surface area contributed by atoms with Gasteiger partial charge in [-0.2, -0.15) is 0 Å². The Balaban J connectivity index is 1.52. The topological polar surface area (TPSA) is 61.9 Å². The number of ether oxygens (including phenoxy) is 1. The van der Waals surface area contributed by atoms with Crippen molar-refractivity contribution in [2.24, 2.45) is 5.92 Å². The maximum Gasteiger partial charge on any atom is 0.239 e. The molecule has 2 heterocycles. The molecule has 1 aromatic carbocycles. The lowest BCUT2D eigenvalue weighted by molar-refractivity contribution is -0.132. The van der Waals surface area contributed by atoms with E-state index in [1.165, 1.54) is 11.0 Å². The fraction of sp³-hybridized carbons (Fsp3) is 0.529. The third-order valence-corrected chi connectivity index (χ3v) is 4.57. The average Bonchev–Trinajstić information content (AvgIpc) is 3.00. The highest BCUT2D eigenvalue weighted by atomic mass is 19.2. The van der Waals surface area contributed by atoms with Crippen molar-refractivity contribution in [3.63, 3.8) is 0 Å². The zero-order valence-electron chi connectivity index (χ0n) is 13.8. The van der Waals surface area contributed by atoms with Gasteiger partial charge in [-0.3, -0.25) is 14.5 Å². The van der Waals surface area contributed by atoms with Gasteiger partial charge in [-0.05, 0) is 18.6 Å². The van der Waals surface area contributed by atoms with Gasteiger partial charge in [-0.1, -0.05) is 0 Å². The number of benzene rings is 1. The van der Waals surface area contributed by atoms with E-state index >= 15 is 0 Å². The van der Waals surface area contributed by atoms with Crippen LogP contribution in [-0.2, 0) is 14.3 Å². The Bertz CT molecular complexity index is 650. The summed E-state index contributed by atoms with van der Waals surface area (Å²) >= 11 is 0. The molecule has 3 rings (SSSR count). The molecule has 0 spiro atoms. The van der Waals surface area contributed by atoms with E-state index in [-0.39, 0.29) is 17.5 Å². The molecule has 0 saturated carbocycles. The van der Waals surface area contributed by atoms with Gasteiger partial charge in [-0.25, -0.2) is 8.78 Å². The van der Waals surface area contributed by atoms with Crippen molar-refractivity contribution in [3.8, 4) is 0 Å². The number of halogens is 2. The fourth-order valence-corrected chi connectivity index (χ4v) is 3.12. The number of carbonyl (C=O) groups is 2. The highest BCUT2D eigenvalue weighted by molar-refractivity contribution is 6.09. The predicted octanol–water partition coefficient (Wildman–Crippen LogP) is 0.766. The molecule has 136 valence electrons. The number of nitrogens with one attached hydrogen (secondary N) is 1. The van der Waals surface area contributed by atoms with Gasteiger partial charge >= 0.3 is 0 Å². The van der Waals surface area contributed by atoms with E-state index in [0.29, 0.717) is 39.3 Å². The summed E-state index contributed by atoms with van der Waals surface area (Å²) in [5.41, 5.74) is 0.271. The van der Waals surface area contributed by atoms with Crippen molar-refractivity contribution < 1.29 is 23.1 Å². The first-order chi connectivity index (χ1) is 12.1. The van der Waals surface area contributed by atoms with Crippen molar-refractivity contribution in [3.05, 3.63) is 29.8 Å². The van der Waals surface area contributed by atoms with Crippen LogP contribution in [0.5, 0.6) is 0 Å². The molecule has 0 bridgehead atoms. The number of amides is 2. The Hall–Kier alpha value is -2.06. The first-order valence-corrected chi connectivity index (χ1v) is 8.40. The van der Waals surface area contributed by atoms with Crippen LogP contribution in [-0.4, -0.2) is 62.7 Å². The molecule has 0 radical (unpaired) electrons. The largest absolute Gasteiger partial charge is 0.379 e. The van der Waals surface area contributed by atoms with Crippen LogP contribution in [0, 0.1) is 17.6 Å². The monoisotopic (exact) mass is 353 g/mol. The highest BCUT2D eigenvalue weighted by Crippen LogP contribution is 2.26. The molecule has 2 fully saturated rings. The number of rotatable bonds is 5. The summed E-state index contributed by atoms with van der Waals surface area (Å²) in [6, 6.07) is 3.30. The number of hydrogen-bond acceptors (Lipinski definition) is 4. The summed E-state index contributed by atoms with van der Waals surface area (Å²) < 4.78 is 31.6. The van der Waals surface area contributed by atoms with Gasteiger partial charge in [0, 0.05) is 44.5 Å². The van der Waals surface area contributed by atoms with Crippen LogP contribution in [0.25, 0.3) is 0 Å². The Morgan fingerprint density at radius 1 is 1.20 bits per heavy atom. The summed E-state index contributed by atoms with van der Waals surface area (Å²) in [6.45, 7) is 4.54. The fourth-order valence-electron chi connectivity index (χ4n) is 3.12. The lowest BCUT2D eigenvalue weighted by Gasteiger charge is -2.26. The first kappa shape index (κ1) is 17.8. The summed E-state index contributed by atoms with van der Waals surface area (Å²) in [5.74, 6) is -3.45. The van der Waals surface area contributed by atoms with Crippen molar-refractivity contribution in [2.45, 2.75) is 6.42 Å². The van der Waals surface area contributed by atoms with Crippen LogP contribution in [0.2, 0.25) is 0 Å². The van der Waals surface area contributed by atoms with Crippen LogP contribution in [0.15, 0.2) is 18.2 Å². The molecule has 2 saturated heterocycles. The third kappa shape index (κ3) is 4.13. The van der Waals surface area contributed by atoms with Crippen LogP contribution in [0.1, 0.15) is 6.42 Å². The predicted molar refractivity (Wildman–Crippen MR) is 87.1 cm³/mol. The second-order valence-corrected chi connectivity index (χ2v) is 6.17. The molecule has 0 aliphatic carbocycles. The summed E-state index contributed by atoms with van der Waals surface area (Å²) in [4.78, 5) is 28.2. The van der Waals surface area contributed by atoms with Crippen LogP contribution < -0.4 is 10.2 Å². The van der Waals surface area contributed by atoms with Gasteiger partial charge in [-0.15, -0.1) is 0 Å². The van der Waals surface area contributed by atoms with E-state index in [4.69, 9.17) is 4.74 Å². The SMILES string of the molecule is O=C(NCCN1CCOCC1)C1CCN(c2ccc(F)c(F)c2)C1=O. The second kappa shape index (κ2) is 7.88. The molecule has 6 nitrogen and oxygen atoms in total. The van der Waals surface area contributed by atoms with Gasteiger partial charge in [0.15, 0.2) is 11.6 Å². The average molecular weight is 353 g/mol. The number of nitrogens with zero attached hydrogens (tertiary/aromatic N) is 2. The zero-order chi connectivity index (χ0) is 17.8. The molecular weight excluding hydrogens is 332 g/mol. The molecule has 1 N–H and O–H groups in total. The van der Waals surface area contributed by atoms with Crippen LogP contribution in [0.3, 0.4) is 0 Å². The molecule has 2 amide bonds. The molecule has 8 heteroatoms. The lowest BCUT2D eigenvalue weighted by Crippen LogP contribution is -2.43. The Labute approximate surface area is 144 Å². The van der Waals surface area contributed by atoms with E-state index in [9.17, 15) is 18.4 Å². The van der Waals surface area contributed by atoms with Gasteiger partial charge in [0.25, 0.3) is 0 Å². The minimum Gasteiger partial charge on any atom is -0.379 e. The van der Waals surface area contributed by atoms with Crippen LogP contribution in [0.4, 0.5) is 14.5 Å². The van der Waals surface area contributed by atoms with Crippen molar-refractivity contribution in [2.75, 3.05) is 50.8 Å². The Morgan fingerprint density at radius 3 is 2.68 bits per heavy atom. The van der Waals surface area contributed by atoms with Gasteiger partial charge in [0.2, 0.25) is 11.8 Å². The summed E-state index contributed by atoms with van der Waals surface area (Å²) in [6.07, 6.45) is 0.362. The quantitative estimate of drug-likeness (QED) is 0.795. The minimum atomic E-state index is -1.01. The Morgan fingerprint density at radius 2 is 1.96 bits per heavy atom. The third-order valence-electron chi connectivity index (χ3n) is 4.57. The summed E-state index contributed by atoms with van der Waals surface area (Å²) in [5, 5.41) is 2.79. The number of carbonyl (C=O) groups excluding carboxylic acids is 2. The molecule has 1 atom stereocenters. The number of hydrogen-bond donors (Lipinski definition) is 1. The van der Waals surface area contributed by atoms with Crippen molar-refractivity contribution in [1.29, 1.82) is 0 Å². The second-order valence-electron chi connectivity index (χ2n) is 6.17. The highest BCUT2D eigenvalue weighted by Gasteiger charge is 2.37. The van der Waals surface area contributed by atoms with E-state index in [2.05, 4.69) is 10.2 Å². The summed E-state index contributed by atoms with van der Waals surface area (Å²) in [7, 11) is 0. The number of morpholine rings is 1. The van der Waals surface area contributed by atoms with E-state index in [1.54, 1.807) is 0 Å².